The van der Waals surface area contributed by atoms with Gasteiger partial charge in [0.15, 0.2) is 0 Å². The molecule has 0 heterocycles. The van der Waals surface area contributed by atoms with Crippen molar-refractivity contribution in [2.24, 2.45) is 0 Å². The van der Waals surface area contributed by atoms with Gasteiger partial charge in [0.2, 0.25) is 0 Å². The number of nitrogens with one attached hydrogen (secondary N) is 1. The molecule has 94 valence electrons. The van der Waals surface area contributed by atoms with Crippen LogP contribution >= 0.6 is 0 Å². The third-order valence-electron chi connectivity index (χ3n) is 1.47. The van der Waals surface area contributed by atoms with Crippen molar-refractivity contribution in [1.29, 1.82) is 0 Å². The third-order valence-corrected chi connectivity index (χ3v) is 1.47. The van der Waals surface area contributed by atoms with Crippen LogP contribution in [0, 0.1) is 20.2 Å². The summed E-state index contributed by atoms with van der Waals surface area (Å²) in [6.45, 7) is 1.40. The molecule has 0 radical (unpaired) electrons. The molecule has 0 rings (SSSR count). The largest absolute Gasteiger partial charge is 0.458 e. The van der Waals surface area contributed by atoms with Gasteiger partial charge in [-0.05, 0) is 6.92 Å². The lowest BCUT2D eigenvalue weighted by Crippen LogP contribution is -2.16. The number of nitrogens with zero attached hydrogens (tertiary/aromatic N) is 2. The van der Waals surface area contributed by atoms with E-state index in [9.17, 15) is 25.0 Å². The van der Waals surface area contributed by atoms with E-state index in [0.717, 1.165) is 6.20 Å². The molecule has 0 saturated carbocycles. The van der Waals surface area contributed by atoms with Crippen molar-refractivity contribution < 1.29 is 19.4 Å². The van der Waals surface area contributed by atoms with Crippen LogP contribution in [-0.2, 0) is 9.53 Å². The average molecular weight is 245 g/mol. The van der Waals surface area contributed by atoms with Crippen molar-refractivity contribution >= 4 is 5.97 Å². The zero-order valence-corrected chi connectivity index (χ0v) is 9.21. The van der Waals surface area contributed by atoms with Gasteiger partial charge in [0.05, 0.1) is 22.7 Å². The van der Waals surface area contributed by atoms with Crippen LogP contribution in [0.25, 0.3) is 0 Å². The molecule has 0 atom stereocenters. The molecule has 0 aliphatic rings. The van der Waals surface area contributed by atoms with E-state index >= 15 is 0 Å². The summed E-state index contributed by atoms with van der Waals surface area (Å²) in [6, 6.07) is 0. The first-order valence-electron chi connectivity index (χ1n) is 4.49. The quantitative estimate of drug-likeness (QED) is 0.230. The molecule has 0 aliphatic carbocycles. The summed E-state index contributed by atoms with van der Waals surface area (Å²) < 4.78 is 4.40. The third kappa shape index (κ3) is 4.73. The van der Waals surface area contributed by atoms with Crippen LogP contribution in [0.3, 0.4) is 0 Å². The molecule has 17 heavy (non-hydrogen) atoms. The van der Waals surface area contributed by atoms with Crippen LogP contribution < -0.4 is 5.32 Å². The summed E-state index contributed by atoms with van der Waals surface area (Å²) in [4.78, 5) is 30.3. The first-order chi connectivity index (χ1) is 7.93. The predicted molar refractivity (Wildman–Crippen MR) is 55.8 cm³/mol. The second-order valence-electron chi connectivity index (χ2n) is 2.62. The normalized spacial score (nSPS) is 11.9. The summed E-state index contributed by atoms with van der Waals surface area (Å²) in [6.07, 6.45) is 1.46. The Kier molecular flexibility index (Phi) is 5.93. The maximum atomic E-state index is 11.1. The van der Waals surface area contributed by atoms with Crippen molar-refractivity contribution in [1.82, 2.24) is 5.32 Å². The van der Waals surface area contributed by atoms with Gasteiger partial charge in [-0.25, -0.2) is 4.79 Å². The molecule has 9 heteroatoms. The second kappa shape index (κ2) is 6.93. The minimum absolute atomic E-state index is 0.0620. The second-order valence-corrected chi connectivity index (χ2v) is 2.62. The minimum atomic E-state index is -1.22. The Hall–Kier alpha value is -2.45. The highest BCUT2D eigenvalue weighted by Crippen LogP contribution is 2.06. The summed E-state index contributed by atoms with van der Waals surface area (Å²) in [5, 5.41) is 23.4. The number of rotatable bonds is 6. The Morgan fingerprint density at radius 2 is 1.94 bits per heavy atom. The summed E-state index contributed by atoms with van der Waals surface area (Å²) in [7, 11) is 1.38. The number of carbonyl (C=O) groups is 1. The molecule has 0 unspecified atom stereocenters. The molecule has 1 N–H and O–H groups in total. The van der Waals surface area contributed by atoms with E-state index < -0.39 is 27.2 Å². The molecule has 0 aromatic carbocycles. The van der Waals surface area contributed by atoms with E-state index in [1.807, 2.05) is 0 Å². The van der Waals surface area contributed by atoms with E-state index in [2.05, 4.69) is 10.1 Å². The Morgan fingerprint density at radius 3 is 2.29 bits per heavy atom. The number of carbonyl (C=O) groups excluding carboxylic acids is 1. The lowest BCUT2D eigenvalue weighted by atomic mass is 10.3. The minimum Gasteiger partial charge on any atom is -0.458 e. The Bertz CT molecular complexity index is 387. The fraction of sp³-hybridized carbons (Fsp3) is 0.375. The molecule has 0 spiro atoms. The van der Waals surface area contributed by atoms with Gasteiger partial charge in [-0.15, -0.1) is 0 Å². The molecule has 0 fully saturated rings. The number of ether oxygens (including phenoxy) is 1. The summed E-state index contributed by atoms with van der Waals surface area (Å²) in [5.41, 5.74) is -1.61. The van der Waals surface area contributed by atoms with Crippen LogP contribution in [0.5, 0.6) is 0 Å². The van der Waals surface area contributed by atoms with Gasteiger partial charge in [-0.1, -0.05) is 0 Å². The highest BCUT2D eigenvalue weighted by Gasteiger charge is 2.26. The molecule has 0 saturated heterocycles. The smallest absolute Gasteiger partial charge is 0.410 e. The van der Waals surface area contributed by atoms with Crippen LogP contribution in [0.2, 0.25) is 0 Å². The number of hydrogen-bond acceptors (Lipinski definition) is 7. The van der Waals surface area contributed by atoms with Crippen molar-refractivity contribution in [2.45, 2.75) is 6.92 Å². The Labute approximate surface area is 96.0 Å². The molecular formula is C8H11N3O6. The predicted octanol–water partition coefficient (Wildman–Crippen LogP) is 0.0476. The first kappa shape index (κ1) is 14.6. The molecular weight excluding hydrogens is 234 g/mol. The van der Waals surface area contributed by atoms with Crippen molar-refractivity contribution in [3.8, 4) is 0 Å². The topological polar surface area (TPSA) is 125 Å². The fourth-order valence-electron chi connectivity index (χ4n) is 0.826. The lowest BCUT2D eigenvalue weighted by Gasteiger charge is -1.98. The van der Waals surface area contributed by atoms with Crippen LogP contribution in [0.1, 0.15) is 6.92 Å². The highest BCUT2D eigenvalue weighted by molar-refractivity contribution is 5.86. The van der Waals surface area contributed by atoms with Gasteiger partial charge >= 0.3 is 11.7 Å². The van der Waals surface area contributed by atoms with Crippen LogP contribution in [-0.4, -0.2) is 29.5 Å². The van der Waals surface area contributed by atoms with Gasteiger partial charge in [0.1, 0.15) is 6.08 Å². The molecule has 0 aromatic heterocycles. The van der Waals surface area contributed by atoms with Gasteiger partial charge in [-0.2, -0.15) is 0 Å². The SMILES string of the molecule is CCOC(=O)C(=CC(=CNC)[N+](=O)[O-])[N+](=O)[O-]. The van der Waals surface area contributed by atoms with Crippen LogP contribution in [0.15, 0.2) is 23.7 Å². The van der Waals surface area contributed by atoms with Crippen LogP contribution in [0.4, 0.5) is 0 Å². The number of allylic oxidation sites excluding steroid dienone is 1. The number of nitro groups is 2. The van der Waals surface area contributed by atoms with E-state index in [-0.39, 0.29) is 6.61 Å². The maximum absolute atomic E-state index is 11.1. The van der Waals surface area contributed by atoms with E-state index in [0.29, 0.717) is 6.08 Å². The Morgan fingerprint density at radius 1 is 1.35 bits per heavy atom. The molecule has 0 aromatic rings. The highest BCUT2D eigenvalue weighted by atomic mass is 16.6. The lowest BCUT2D eigenvalue weighted by molar-refractivity contribution is -0.432. The maximum Gasteiger partial charge on any atom is 0.410 e. The van der Waals surface area contributed by atoms with Gasteiger partial charge in [0, 0.05) is 7.05 Å². The van der Waals surface area contributed by atoms with Gasteiger partial charge in [-0.3, -0.25) is 20.2 Å². The molecule has 0 bridgehead atoms. The molecule has 0 aliphatic heterocycles. The zero-order valence-electron chi connectivity index (χ0n) is 9.21. The average Bonchev–Trinajstić information content (AvgIpc) is 2.23. The fourth-order valence-corrected chi connectivity index (χ4v) is 0.826. The number of hydrogen-bond donors (Lipinski definition) is 1. The molecule has 9 nitrogen and oxygen atoms in total. The summed E-state index contributed by atoms with van der Waals surface area (Å²) in [5.74, 6) is -1.22. The summed E-state index contributed by atoms with van der Waals surface area (Å²) >= 11 is 0. The monoisotopic (exact) mass is 245 g/mol. The van der Waals surface area contributed by atoms with Gasteiger partial charge < -0.3 is 10.1 Å². The standard InChI is InChI=1S/C8H11N3O6/c1-3-17-8(12)7(11(15)16)4-6(5-9-2)10(13)14/h4-5,9H,3H2,1-2H3. The van der Waals surface area contributed by atoms with E-state index in [1.165, 1.54) is 14.0 Å². The van der Waals surface area contributed by atoms with Crippen molar-refractivity contribution in [2.75, 3.05) is 13.7 Å². The van der Waals surface area contributed by atoms with Gasteiger partial charge in [0.25, 0.3) is 5.70 Å². The van der Waals surface area contributed by atoms with Crippen molar-refractivity contribution in [3.05, 3.63) is 43.9 Å². The van der Waals surface area contributed by atoms with Crippen molar-refractivity contribution in [3.63, 3.8) is 0 Å². The van der Waals surface area contributed by atoms with E-state index in [1.54, 1.807) is 0 Å². The Balaban J connectivity index is 5.30. The first-order valence-corrected chi connectivity index (χ1v) is 4.49. The zero-order chi connectivity index (χ0) is 13.4. The van der Waals surface area contributed by atoms with E-state index in [4.69, 9.17) is 0 Å². The molecule has 0 amide bonds. The number of esters is 1.